The Kier molecular flexibility index (Phi) is 9.07. The van der Waals surface area contributed by atoms with Crippen molar-refractivity contribution in [2.45, 2.75) is 51.2 Å². The van der Waals surface area contributed by atoms with Gasteiger partial charge in [0.1, 0.15) is 17.8 Å². The number of nitrogens with two attached hydrogens (primary N) is 1. The van der Waals surface area contributed by atoms with Crippen LogP contribution >= 0.6 is 0 Å². The number of nitrogens with one attached hydrogen (secondary N) is 2. The normalized spacial score (nSPS) is 14.9. The number of carbonyl (C=O) groups is 4. The average Bonchev–Trinajstić information content (AvgIpc) is 2.65. The van der Waals surface area contributed by atoms with E-state index in [1.807, 2.05) is 0 Å². The Hall–Kier alpha value is -3.14. The molecule has 0 aromatic heterocycles. The number of hydrogen-bond donors (Lipinski definition) is 6. The van der Waals surface area contributed by atoms with Gasteiger partial charge in [-0.1, -0.05) is 32.4 Å². The van der Waals surface area contributed by atoms with Gasteiger partial charge in [0.05, 0.1) is 12.5 Å². The van der Waals surface area contributed by atoms with Gasteiger partial charge >= 0.3 is 11.9 Å². The molecule has 0 bridgehead atoms. The summed E-state index contributed by atoms with van der Waals surface area (Å²) in [6, 6.07) is 2.22. The quantitative estimate of drug-likeness (QED) is 0.292. The summed E-state index contributed by atoms with van der Waals surface area (Å²) in [6.07, 6.45) is -0.122. The van der Waals surface area contributed by atoms with E-state index in [4.69, 9.17) is 10.8 Å². The third kappa shape index (κ3) is 7.78. The summed E-state index contributed by atoms with van der Waals surface area (Å²) in [4.78, 5) is 47.1. The van der Waals surface area contributed by atoms with Gasteiger partial charge in [-0.3, -0.25) is 14.4 Å². The van der Waals surface area contributed by atoms with E-state index in [1.165, 1.54) is 24.3 Å². The van der Waals surface area contributed by atoms with E-state index in [1.54, 1.807) is 13.8 Å². The molecule has 4 unspecified atom stereocenters. The molecular formula is C19H27N3O7. The number of amides is 2. The van der Waals surface area contributed by atoms with Crippen molar-refractivity contribution in [3.8, 4) is 5.75 Å². The molecule has 29 heavy (non-hydrogen) atoms. The molecule has 160 valence electrons. The van der Waals surface area contributed by atoms with Crippen LogP contribution in [-0.2, 0) is 25.6 Å². The molecule has 1 rings (SSSR count). The highest BCUT2D eigenvalue weighted by Gasteiger charge is 2.31. The van der Waals surface area contributed by atoms with Crippen molar-refractivity contribution in [1.29, 1.82) is 0 Å². The molecule has 10 heteroatoms. The summed E-state index contributed by atoms with van der Waals surface area (Å²) in [6.45, 7) is 3.49. The van der Waals surface area contributed by atoms with Gasteiger partial charge < -0.3 is 31.7 Å². The first kappa shape index (κ1) is 23.9. The van der Waals surface area contributed by atoms with Crippen molar-refractivity contribution < 1.29 is 34.5 Å². The molecule has 10 nitrogen and oxygen atoms in total. The number of benzene rings is 1. The minimum atomic E-state index is -1.33. The number of aliphatic carboxylic acids is 2. The molecule has 0 aliphatic carbocycles. The van der Waals surface area contributed by atoms with Crippen LogP contribution in [0.3, 0.4) is 0 Å². The van der Waals surface area contributed by atoms with Gasteiger partial charge in [-0.05, 0) is 23.6 Å². The second-order valence-electron chi connectivity index (χ2n) is 6.85. The molecule has 0 saturated carbocycles. The monoisotopic (exact) mass is 409 g/mol. The molecule has 0 spiro atoms. The maximum absolute atomic E-state index is 12.7. The van der Waals surface area contributed by atoms with Gasteiger partial charge in [0, 0.05) is 6.42 Å². The first-order valence-corrected chi connectivity index (χ1v) is 9.14. The standard InChI is InChI=1S/C19H27N3O7/c1-3-10(2)16(22-17(26)13(20)9-15(24)25)18(27)21-14(19(28)29)8-11-4-6-12(23)7-5-11/h4-7,10,13-14,16,23H,3,8-9,20H2,1-2H3,(H,21,27)(H,22,26)(H,24,25)(H,28,29). The topological polar surface area (TPSA) is 179 Å². The minimum absolute atomic E-state index is 0.0267. The fourth-order valence-electron chi connectivity index (χ4n) is 2.57. The maximum atomic E-state index is 12.7. The first-order chi connectivity index (χ1) is 13.5. The summed E-state index contributed by atoms with van der Waals surface area (Å²) < 4.78 is 0. The van der Waals surface area contributed by atoms with E-state index >= 15 is 0 Å². The minimum Gasteiger partial charge on any atom is -0.508 e. The van der Waals surface area contributed by atoms with Crippen molar-refractivity contribution in [2.24, 2.45) is 11.7 Å². The number of carbonyl (C=O) groups excluding carboxylic acids is 2. The van der Waals surface area contributed by atoms with Crippen LogP contribution in [0.5, 0.6) is 5.75 Å². The lowest BCUT2D eigenvalue weighted by molar-refractivity contribution is -0.143. The summed E-state index contributed by atoms with van der Waals surface area (Å²) in [5.74, 6) is -4.35. The third-order valence-corrected chi connectivity index (χ3v) is 4.52. The molecule has 4 atom stereocenters. The molecule has 7 N–H and O–H groups in total. The number of phenols is 1. The van der Waals surface area contributed by atoms with Crippen molar-refractivity contribution in [3.63, 3.8) is 0 Å². The van der Waals surface area contributed by atoms with E-state index in [9.17, 15) is 29.4 Å². The smallest absolute Gasteiger partial charge is 0.326 e. The highest BCUT2D eigenvalue weighted by atomic mass is 16.4. The molecule has 0 radical (unpaired) electrons. The van der Waals surface area contributed by atoms with Crippen LogP contribution in [0.25, 0.3) is 0 Å². The van der Waals surface area contributed by atoms with Gasteiger partial charge in [-0.2, -0.15) is 0 Å². The number of carboxylic acid groups (broad SMARTS) is 2. The van der Waals surface area contributed by atoms with E-state index in [2.05, 4.69) is 10.6 Å². The lowest BCUT2D eigenvalue weighted by atomic mass is 9.96. The van der Waals surface area contributed by atoms with Crippen LogP contribution in [0.4, 0.5) is 0 Å². The Balaban J connectivity index is 2.90. The Morgan fingerprint density at radius 2 is 1.62 bits per heavy atom. The second kappa shape index (κ2) is 11.0. The van der Waals surface area contributed by atoms with Crippen molar-refractivity contribution in [1.82, 2.24) is 10.6 Å². The number of carboxylic acids is 2. The number of hydrogen-bond acceptors (Lipinski definition) is 6. The third-order valence-electron chi connectivity index (χ3n) is 4.52. The van der Waals surface area contributed by atoms with Crippen LogP contribution in [-0.4, -0.2) is 57.2 Å². The van der Waals surface area contributed by atoms with Gasteiger partial charge in [-0.25, -0.2) is 4.79 Å². The van der Waals surface area contributed by atoms with Crippen LogP contribution in [0.15, 0.2) is 24.3 Å². The molecule has 0 heterocycles. The van der Waals surface area contributed by atoms with Crippen molar-refractivity contribution in [3.05, 3.63) is 29.8 Å². The van der Waals surface area contributed by atoms with Gasteiger partial charge in [0.25, 0.3) is 0 Å². The molecule has 0 aliphatic rings. The fraction of sp³-hybridized carbons (Fsp3) is 0.474. The SMILES string of the molecule is CCC(C)C(NC(=O)C(N)CC(=O)O)C(=O)NC(Cc1ccc(O)cc1)C(=O)O. The van der Waals surface area contributed by atoms with Crippen molar-refractivity contribution in [2.75, 3.05) is 0 Å². The molecule has 0 aliphatic heterocycles. The zero-order chi connectivity index (χ0) is 22.1. The summed E-state index contributed by atoms with van der Waals surface area (Å²) in [7, 11) is 0. The number of rotatable bonds is 11. The molecule has 1 aromatic rings. The van der Waals surface area contributed by atoms with E-state index in [0.29, 0.717) is 12.0 Å². The molecule has 2 amide bonds. The fourth-order valence-corrected chi connectivity index (χ4v) is 2.57. The summed E-state index contributed by atoms with van der Waals surface area (Å²) >= 11 is 0. The maximum Gasteiger partial charge on any atom is 0.326 e. The van der Waals surface area contributed by atoms with E-state index in [0.717, 1.165) is 0 Å². The number of aromatic hydroxyl groups is 1. The van der Waals surface area contributed by atoms with E-state index < -0.39 is 48.3 Å². The molecule has 0 saturated heterocycles. The lowest BCUT2D eigenvalue weighted by Crippen LogP contribution is -2.57. The summed E-state index contributed by atoms with van der Waals surface area (Å²) in [5.41, 5.74) is 6.12. The van der Waals surface area contributed by atoms with Gasteiger partial charge in [0.2, 0.25) is 11.8 Å². The Bertz CT molecular complexity index is 736. The number of phenolic OH excluding ortho intramolecular Hbond substituents is 1. The highest BCUT2D eigenvalue weighted by Crippen LogP contribution is 2.13. The predicted octanol–water partition coefficient (Wildman–Crippen LogP) is -0.163. The van der Waals surface area contributed by atoms with Crippen LogP contribution in [0, 0.1) is 5.92 Å². The van der Waals surface area contributed by atoms with E-state index in [-0.39, 0.29) is 18.1 Å². The Labute approximate surface area is 168 Å². The molecule has 1 aromatic carbocycles. The average molecular weight is 409 g/mol. The largest absolute Gasteiger partial charge is 0.508 e. The predicted molar refractivity (Wildman–Crippen MR) is 103 cm³/mol. The highest BCUT2D eigenvalue weighted by molar-refractivity contribution is 5.93. The van der Waals surface area contributed by atoms with Crippen LogP contribution in [0.2, 0.25) is 0 Å². The van der Waals surface area contributed by atoms with Crippen molar-refractivity contribution >= 4 is 23.8 Å². The van der Waals surface area contributed by atoms with Gasteiger partial charge in [-0.15, -0.1) is 0 Å². The van der Waals surface area contributed by atoms with Gasteiger partial charge in [0.15, 0.2) is 0 Å². The first-order valence-electron chi connectivity index (χ1n) is 9.14. The zero-order valence-electron chi connectivity index (χ0n) is 16.3. The lowest BCUT2D eigenvalue weighted by Gasteiger charge is -2.26. The molecular weight excluding hydrogens is 382 g/mol. The zero-order valence-corrected chi connectivity index (χ0v) is 16.3. The Morgan fingerprint density at radius 1 is 1.03 bits per heavy atom. The Morgan fingerprint density at radius 3 is 2.10 bits per heavy atom. The summed E-state index contributed by atoms with van der Waals surface area (Å²) in [5, 5.41) is 32.3. The second-order valence-corrected chi connectivity index (χ2v) is 6.85. The van der Waals surface area contributed by atoms with Crippen LogP contribution < -0.4 is 16.4 Å². The van der Waals surface area contributed by atoms with Crippen LogP contribution in [0.1, 0.15) is 32.3 Å². The molecule has 0 fully saturated rings.